The first-order valence-corrected chi connectivity index (χ1v) is 11.3. The molecule has 2 aliphatic heterocycles. The molecule has 2 fully saturated rings. The fourth-order valence-corrected chi connectivity index (χ4v) is 4.40. The average Bonchev–Trinajstić information content (AvgIpc) is 3.20. The monoisotopic (exact) mass is 567 g/mol. The van der Waals surface area contributed by atoms with Crippen LogP contribution in [0.2, 0.25) is 5.02 Å². The van der Waals surface area contributed by atoms with Crippen molar-refractivity contribution in [3.8, 4) is 0 Å². The molecule has 0 saturated carbocycles. The highest BCUT2D eigenvalue weighted by Gasteiger charge is 2.21. The maximum absolute atomic E-state index is 11.8. The van der Waals surface area contributed by atoms with Gasteiger partial charge in [0.15, 0.2) is 5.96 Å². The van der Waals surface area contributed by atoms with Crippen molar-refractivity contribution in [1.82, 2.24) is 15.1 Å². The lowest BCUT2D eigenvalue weighted by molar-refractivity contribution is -0.128. The molecular formula is C24H31ClIN5O. The second kappa shape index (κ2) is 11.7. The number of carbonyl (C=O) groups excluding carboxylic acids is 1. The molecule has 0 aliphatic carbocycles. The molecule has 0 bridgehead atoms. The topological polar surface area (TPSA) is 51.2 Å². The number of piperazine rings is 1. The Morgan fingerprint density at radius 3 is 2.38 bits per heavy atom. The summed E-state index contributed by atoms with van der Waals surface area (Å²) < 4.78 is 0. The fraction of sp³-hybridized carbons (Fsp3) is 0.417. The SMILES string of the molecule is CN=C(NCc1ccc(CN2CCCC2=O)cc1)N1CCN(c2cccc(Cl)c2)CC1.I. The van der Waals surface area contributed by atoms with Crippen molar-refractivity contribution in [1.29, 1.82) is 0 Å². The molecule has 2 aromatic rings. The molecule has 32 heavy (non-hydrogen) atoms. The molecule has 2 heterocycles. The Kier molecular flexibility index (Phi) is 9.04. The van der Waals surface area contributed by atoms with Gasteiger partial charge in [-0.25, -0.2) is 0 Å². The Balaban J connectivity index is 0.00000289. The number of guanidine groups is 1. The number of hydrogen-bond donors (Lipinski definition) is 1. The molecule has 2 aliphatic rings. The van der Waals surface area contributed by atoms with Crippen molar-refractivity contribution in [3.63, 3.8) is 0 Å². The zero-order chi connectivity index (χ0) is 21.6. The number of hydrogen-bond acceptors (Lipinski definition) is 3. The van der Waals surface area contributed by atoms with Crippen molar-refractivity contribution < 1.29 is 4.79 Å². The third-order valence-corrected chi connectivity index (χ3v) is 6.22. The quantitative estimate of drug-likeness (QED) is 0.338. The van der Waals surface area contributed by atoms with E-state index in [-0.39, 0.29) is 29.9 Å². The molecule has 1 N–H and O–H groups in total. The van der Waals surface area contributed by atoms with Gasteiger partial charge in [0.25, 0.3) is 0 Å². The summed E-state index contributed by atoms with van der Waals surface area (Å²) >= 11 is 6.14. The van der Waals surface area contributed by atoms with Gasteiger partial charge in [0, 0.05) is 70.0 Å². The van der Waals surface area contributed by atoms with Crippen molar-refractivity contribution in [2.24, 2.45) is 4.99 Å². The normalized spacial score (nSPS) is 16.9. The number of nitrogens with zero attached hydrogens (tertiary/aromatic N) is 4. The van der Waals surface area contributed by atoms with Gasteiger partial charge in [-0.05, 0) is 35.7 Å². The molecule has 1 amide bonds. The van der Waals surface area contributed by atoms with Crippen molar-refractivity contribution in [3.05, 3.63) is 64.7 Å². The predicted octanol–water partition coefficient (Wildman–Crippen LogP) is 3.98. The molecular weight excluding hydrogens is 537 g/mol. The lowest BCUT2D eigenvalue weighted by Gasteiger charge is -2.37. The van der Waals surface area contributed by atoms with Gasteiger partial charge >= 0.3 is 0 Å². The second-order valence-electron chi connectivity index (χ2n) is 8.09. The Labute approximate surface area is 212 Å². The molecule has 6 nitrogen and oxygen atoms in total. The van der Waals surface area contributed by atoms with E-state index in [0.717, 1.165) is 56.7 Å². The highest BCUT2D eigenvalue weighted by Crippen LogP contribution is 2.21. The van der Waals surface area contributed by atoms with E-state index in [1.54, 1.807) is 0 Å². The minimum atomic E-state index is 0. The van der Waals surface area contributed by atoms with Crippen LogP contribution in [0.5, 0.6) is 0 Å². The average molecular weight is 568 g/mol. The molecule has 0 atom stereocenters. The summed E-state index contributed by atoms with van der Waals surface area (Å²) in [5.41, 5.74) is 3.56. The van der Waals surface area contributed by atoms with Crippen LogP contribution in [-0.2, 0) is 17.9 Å². The number of anilines is 1. The van der Waals surface area contributed by atoms with Gasteiger partial charge in [-0.15, -0.1) is 24.0 Å². The Hall–Kier alpha value is -2.00. The maximum atomic E-state index is 11.8. The van der Waals surface area contributed by atoms with Gasteiger partial charge in [-0.1, -0.05) is 41.9 Å². The van der Waals surface area contributed by atoms with Crippen LogP contribution in [0.3, 0.4) is 0 Å². The number of likely N-dealkylation sites (tertiary alicyclic amines) is 1. The van der Waals surface area contributed by atoms with Crippen molar-refractivity contribution >= 4 is 53.1 Å². The van der Waals surface area contributed by atoms with Gasteiger partial charge < -0.3 is 20.0 Å². The molecule has 4 rings (SSSR count). The van der Waals surface area contributed by atoms with Gasteiger partial charge in [-0.3, -0.25) is 9.79 Å². The molecule has 2 aromatic carbocycles. The molecule has 0 unspecified atom stereocenters. The summed E-state index contributed by atoms with van der Waals surface area (Å²) in [6, 6.07) is 16.5. The predicted molar refractivity (Wildman–Crippen MR) is 142 cm³/mol. The van der Waals surface area contributed by atoms with E-state index in [0.29, 0.717) is 13.0 Å². The highest BCUT2D eigenvalue weighted by molar-refractivity contribution is 14.0. The molecule has 0 radical (unpaired) electrons. The van der Waals surface area contributed by atoms with Gasteiger partial charge in [-0.2, -0.15) is 0 Å². The minimum Gasteiger partial charge on any atom is -0.368 e. The summed E-state index contributed by atoms with van der Waals surface area (Å²) in [5.74, 6) is 1.20. The lowest BCUT2D eigenvalue weighted by atomic mass is 10.1. The molecule has 8 heteroatoms. The van der Waals surface area contributed by atoms with Crippen LogP contribution in [0.25, 0.3) is 0 Å². The van der Waals surface area contributed by atoms with Gasteiger partial charge in [0.1, 0.15) is 0 Å². The number of rotatable bonds is 5. The van der Waals surface area contributed by atoms with Crippen LogP contribution in [0.1, 0.15) is 24.0 Å². The summed E-state index contributed by atoms with van der Waals surface area (Å²) in [4.78, 5) is 22.9. The fourth-order valence-electron chi connectivity index (χ4n) is 4.22. The number of aliphatic imine (C=N–C) groups is 1. The summed E-state index contributed by atoms with van der Waals surface area (Å²) in [7, 11) is 1.84. The second-order valence-corrected chi connectivity index (χ2v) is 8.53. The molecule has 2 saturated heterocycles. The smallest absolute Gasteiger partial charge is 0.222 e. The zero-order valence-corrected chi connectivity index (χ0v) is 21.6. The minimum absolute atomic E-state index is 0. The van der Waals surface area contributed by atoms with E-state index in [9.17, 15) is 4.79 Å². The summed E-state index contributed by atoms with van der Waals surface area (Å²) in [5, 5.41) is 4.26. The third-order valence-electron chi connectivity index (χ3n) is 5.98. The molecule has 172 valence electrons. The third kappa shape index (κ3) is 6.28. The number of halogens is 2. The van der Waals surface area contributed by atoms with E-state index in [1.165, 1.54) is 16.8 Å². The number of benzene rings is 2. The number of carbonyl (C=O) groups is 1. The van der Waals surface area contributed by atoms with E-state index in [1.807, 2.05) is 30.1 Å². The van der Waals surface area contributed by atoms with Crippen LogP contribution in [0, 0.1) is 0 Å². The summed E-state index contributed by atoms with van der Waals surface area (Å²) in [6.07, 6.45) is 1.67. The maximum Gasteiger partial charge on any atom is 0.222 e. The highest BCUT2D eigenvalue weighted by atomic mass is 127. The molecule has 0 aromatic heterocycles. The van der Waals surface area contributed by atoms with E-state index < -0.39 is 0 Å². The van der Waals surface area contributed by atoms with Crippen LogP contribution in [-0.4, -0.2) is 61.4 Å². The number of nitrogens with one attached hydrogen (secondary N) is 1. The van der Waals surface area contributed by atoms with E-state index in [2.05, 4.69) is 50.4 Å². The molecule has 0 spiro atoms. The first-order chi connectivity index (χ1) is 15.1. The largest absolute Gasteiger partial charge is 0.368 e. The standard InChI is InChI=1S/C24H30ClN5O.HI/c1-26-24(29-14-12-28(13-15-29)22-5-2-4-21(25)16-22)27-17-19-7-9-20(10-8-19)18-30-11-3-6-23(30)31;/h2,4-5,7-10,16H,3,6,11-15,17-18H2,1H3,(H,26,27);1H. The van der Waals surface area contributed by atoms with Crippen LogP contribution >= 0.6 is 35.6 Å². The van der Waals surface area contributed by atoms with Crippen LogP contribution < -0.4 is 10.2 Å². The Bertz CT molecular complexity index is 928. The first-order valence-electron chi connectivity index (χ1n) is 10.9. The zero-order valence-electron chi connectivity index (χ0n) is 18.5. The first kappa shape index (κ1) is 24.6. The van der Waals surface area contributed by atoms with Crippen LogP contribution in [0.4, 0.5) is 5.69 Å². The van der Waals surface area contributed by atoms with E-state index in [4.69, 9.17) is 11.6 Å². The van der Waals surface area contributed by atoms with Gasteiger partial charge in [0.2, 0.25) is 5.91 Å². The van der Waals surface area contributed by atoms with Crippen molar-refractivity contribution in [2.45, 2.75) is 25.9 Å². The van der Waals surface area contributed by atoms with E-state index >= 15 is 0 Å². The number of amides is 1. The Morgan fingerprint density at radius 1 is 1.03 bits per heavy atom. The van der Waals surface area contributed by atoms with Crippen LogP contribution in [0.15, 0.2) is 53.5 Å². The lowest BCUT2D eigenvalue weighted by Crippen LogP contribution is -2.52. The van der Waals surface area contributed by atoms with Crippen molar-refractivity contribution in [2.75, 3.05) is 44.7 Å². The Morgan fingerprint density at radius 2 is 1.75 bits per heavy atom. The summed E-state index contributed by atoms with van der Waals surface area (Å²) in [6.45, 7) is 6.01. The van der Waals surface area contributed by atoms with Gasteiger partial charge in [0.05, 0.1) is 0 Å².